The predicted molar refractivity (Wildman–Crippen MR) is 75.2 cm³/mol. The summed E-state index contributed by atoms with van der Waals surface area (Å²) in [4.78, 5) is 11.6. The van der Waals surface area contributed by atoms with Gasteiger partial charge in [-0.25, -0.2) is 13.6 Å². The van der Waals surface area contributed by atoms with Crippen molar-refractivity contribution < 1.29 is 23.0 Å². The Kier molecular flexibility index (Phi) is 4.87. The van der Waals surface area contributed by atoms with E-state index in [1.54, 1.807) is 6.92 Å². The summed E-state index contributed by atoms with van der Waals surface area (Å²) in [5.41, 5.74) is 6.43. The maximum atomic E-state index is 13.3. The number of esters is 1. The van der Waals surface area contributed by atoms with Crippen LogP contribution in [0.3, 0.4) is 0 Å². The predicted octanol–water partition coefficient (Wildman–Crippen LogP) is 2.22. The van der Waals surface area contributed by atoms with E-state index in [1.165, 1.54) is 6.07 Å². The van der Waals surface area contributed by atoms with Gasteiger partial charge in [-0.1, -0.05) is 6.07 Å². The van der Waals surface area contributed by atoms with E-state index in [0.717, 1.165) is 12.1 Å². The van der Waals surface area contributed by atoms with Gasteiger partial charge in [0.15, 0.2) is 11.6 Å². The van der Waals surface area contributed by atoms with Crippen LogP contribution >= 0.6 is 0 Å². The summed E-state index contributed by atoms with van der Waals surface area (Å²) in [5, 5.41) is 7.85. The molecule has 0 aromatic heterocycles. The van der Waals surface area contributed by atoms with E-state index >= 15 is 0 Å². The standard InChI is InChI=1S/C15H16F2N2O3/c1-2-21-15(20)14(19)9-6-13(22-7-12(9)18)8-3-4-10(16)11(17)5-8/h3-5,13,19H,2,6-7,18H2,1H3. The van der Waals surface area contributed by atoms with Gasteiger partial charge in [-0.3, -0.25) is 5.41 Å². The van der Waals surface area contributed by atoms with Gasteiger partial charge in [0.05, 0.1) is 19.3 Å². The lowest BCUT2D eigenvalue weighted by Gasteiger charge is -2.26. The normalized spacial score (nSPS) is 18.2. The topological polar surface area (TPSA) is 85.4 Å². The second-order valence-electron chi connectivity index (χ2n) is 4.78. The molecule has 1 aromatic rings. The van der Waals surface area contributed by atoms with Gasteiger partial charge >= 0.3 is 5.97 Å². The summed E-state index contributed by atoms with van der Waals surface area (Å²) in [6.45, 7) is 1.79. The number of nitrogens with two attached hydrogens (primary N) is 1. The second-order valence-corrected chi connectivity index (χ2v) is 4.78. The van der Waals surface area contributed by atoms with Crippen molar-refractivity contribution in [2.75, 3.05) is 13.2 Å². The summed E-state index contributed by atoms with van der Waals surface area (Å²) in [7, 11) is 0. The first-order chi connectivity index (χ1) is 10.4. The molecule has 22 heavy (non-hydrogen) atoms. The molecule has 5 nitrogen and oxygen atoms in total. The first-order valence-electron chi connectivity index (χ1n) is 6.74. The van der Waals surface area contributed by atoms with Gasteiger partial charge in [-0.15, -0.1) is 0 Å². The van der Waals surface area contributed by atoms with E-state index in [2.05, 4.69) is 0 Å². The third-order valence-corrected chi connectivity index (χ3v) is 3.31. The number of rotatable bonds is 4. The third kappa shape index (κ3) is 3.30. The van der Waals surface area contributed by atoms with Gasteiger partial charge < -0.3 is 15.2 Å². The molecule has 7 heteroatoms. The monoisotopic (exact) mass is 310 g/mol. The maximum Gasteiger partial charge on any atom is 0.356 e. The maximum absolute atomic E-state index is 13.3. The Labute approximate surface area is 126 Å². The second kappa shape index (κ2) is 6.65. The molecule has 118 valence electrons. The Bertz CT molecular complexity index is 644. The van der Waals surface area contributed by atoms with Gasteiger partial charge in [-0.2, -0.15) is 0 Å². The molecule has 0 saturated carbocycles. The Morgan fingerprint density at radius 2 is 2.18 bits per heavy atom. The number of benzene rings is 1. The number of hydrogen-bond acceptors (Lipinski definition) is 5. The van der Waals surface area contributed by atoms with Crippen LogP contribution in [0.5, 0.6) is 0 Å². The molecule has 0 amide bonds. The number of ether oxygens (including phenoxy) is 2. The van der Waals surface area contributed by atoms with E-state index in [4.69, 9.17) is 20.6 Å². The minimum Gasteiger partial charge on any atom is -0.461 e. The number of nitrogens with one attached hydrogen (secondary N) is 1. The molecular formula is C15H16F2N2O3. The van der Waals surface area contributed by atoms with Crippen molar-refractivity contribution in [3.05, 3.63) is 46.7 Å². The average molecular weight is 310 g/mol. The van der Waals surface area contributed by atoms with Crippen LogP contribution < -0.4 is 5.73 Å². The summed E-state index contributed by atoms with van der Waals surface area (Å²) >= 11 is 0. The lowest BCUT2D eigenvalue weighted by molar-refractivity contribution is -0.135. The third-order valence-electron chi connectivity index (χ3n) is 3.31. The average Bonchev–Trinajstić information content (AvgIpc) is 2.50. The molecule has 0 saturated heterocycles. The zero-order valence-corrected chi connectivity index (χ0v) is 12.0. The van der Waals surface area contributed by atoms with Crippen LogP contribution in [0.4, 0.5) is 8.78 Å². The molecule has 0 bridgehead atoms. The molecule has 1 heterocycles. The van der Waals surface area contributed by atoms with E-state index in [0.29, 0.717) is 11.1 Å². The zero-order valence-electron chi connectivity index (χ0n) is 12.0. The summed E-state index contributed by atoms with van der Waals surface area (Å²) < 4.78 is 36.5. The summed E-state index contributed by atoms with van der Waals surface area (Å²) in [5.74, 6) is -2.70. The molecule has 3 N–H and O–H groups in total. The van der Waals surface area contributed by atoms with Crippen LogP contribution in [0.25, 0.3) is 0 Å². The van der Waals surface area contributed by atoms with E-state index in [-0.39, 0.29) is 31.0 Å². The Morgan fingerprint density at radius 1 is 1.45 bits per heavy atom. The first kappa shape index (κ1) is 16.1. The van der Waals surface area contributed by atoms with Crippen LogP contribution in [0.1, 0.15) is 25.0 Å². The highest BCUT2D eigenvalue weighted by Crippen LogP contribution is 2.31. The molecule has 1 atom stereocenters. The van der Waals surface area contributed by atoms with Crippen LogP contribution in [0.2, 0.25) is 0 Å². The Balaban J connectivity index is 2.21. The van der Waals surface area contributed by atoms with E-state index in [1.807, 2.05) is 0 Å². The first-order valence-corrected chi connectivity index (χ1v) is 6.74. The molecule has 0 radical (unpaired) electrons. The highest BCUT2D eigenvalue weighted by molar-refractivity contribution is 6.42. The molecule has 0 spiro atoms. The number of carbonyl (C=O) groups excluding carboxylic acids is 1. The van der Waals surface area contributed by atoms with Crippen molar-refractivity contribution in [2.45, 2.75) is 19.4 Å². The van der Waals surface area contributed by atoms with Crippen molar-refractivity contribution in [1.29, 1.82) is 5.41 Å². The molecule has 0 aliphatic carbocycles. The van der Waals surface area contributed by atoms with Crippen molar-refractivity contribution in [3.63, 3.8) is 0 Å². The minimum absolute atomic E-state index is 0.000774. The number of carbonyl (C=O) groups is 1. The van der Waals surface area contributed by atoms with Gasteiger partial charge in [0.25, 0.3) is 0 Å². The fourth-order valence-electron chi connectivity index (χ4n) is 2.17. The minimum atomic E-state index is -0.981. The molecule has 1 aliphatic rings. The molecule has 1 aromatic carbocycles. The Morgan fingerprint density at radius 3 is 2.82 bits per heavy atom. The fraction of sp³-hybridized carbons (Fsp3) is 0.333. The lowest BCUT2D eigenvalue weighted by atomic mass is 9.94. The SMILES string of the molecule is CCOC(=O)C(=N)C1=C(N)COC(c2ccc(F)c(F)c2)C1. The zero-order chi connectivity index (χ0) is 16.3. The fourth-order valence-corrected chi connectivity index (χ4v) is 2.17. The van der Waals surface area contributed by atoms with Gasteiger partial charge in [0.2, 0.25) is 0 Å². The van der Waals surface area contributed by atoms with Crippen LogP contribution in [-0.4, -0.2) is 24.9 Å². The van der Waals surface area contributed by atoms with Crippen molar-refractivity contribution in [2.24, 2.45) is 5.73 Å². The lowest BCUT2D eigenvalue weighted by Crippen LogP contribution is -2.28. The largest absolute Gasteiger partial charge is 0.461 e. The Hall–Kier alpha value is -2.28. The van der Waals surface area contributed by atoms with Gasteiger partial charge in [0.1, 0.15) is 5.71 Å². The van der Waals surface area contributed by atoms with Crippen molar-refractivity contribution in [3.8, 4) is 0 Å². The summed E-state index contributed by atoms with van der Waals surface area (Å²) in [6, 6.07) is 3.44. The quantitative estimate of drug-likeness (QED) is 0.659. The molecule has 1 unspecified atom stereocenters. The summed E-state index contributed by atoms with van der Waals surface area (Å²) in [6.07, 6.45) is -0.485. The van der Waals surface area contributed by atoms with E-state index < -0.39 is 23.7 Å². The van der Waals surface area contributed by atoms with Gasteiger partial charge in [0, 0.05) is 17.7 Å². The van der Waals surface area contributed by atoms with E-state index in [9.17, 15) is 13.6 Å². The van der Waals surface area contributed by atoms with Crippen LogP contribution in [-0.2, 0) is 14.3 Å². The molecule has 2 rings (SSSR count). The van der Waals surface area contributed by atoms with Crippen molar-refractivity contribution in [1.82, 2.24) is 0 Å². The smallest absolute Gasteiger partial charge is 0.356 e. The molecular weight excluding hydrogens is 294 g/mol. The molecule has 0 fully saturated rings. The van der Waals surface area contributed by atoms with Gasteiger partial charge in [-0.05, 0) is 24.6 Å². The number of hydrogen-bond donors (Lipinski definition) is 2. The van der Waals surface area contributed by atoms with Crippen LogP contribution in [0, 0.1) is 17.0 Å². The number of halogens is 2. The van der Waals surface area contributed by atoms with Crippen molar-refractivity contribution >= 4 is 11.7 Å². The highest BCUT2D eigenvalue weighted by Gasteiger charge is 2.28. The van der Waals surface area contributed by atoms with Crippen LogP contribution in [0.15, 0.2) is 29.5 Å². The highest BCUT2D eigenvalue weighted by atomic mass is 19.2. The molecule has 1 aliphatic heterocycles.